The first kappa shape index (κ1) is 17.1. The van der Waals surface area contributed by atoms with E-state index in [-0.39, 0.29) is 12.5 Å². The van der Waals surface area contributed by atoms with Crippen LogP contribution >= 0.6 is 0 Å². The number of hydrogen-bond acceptors (Lipinski definition) is 4. The van der Waals surface area contributed by atoms with Crippen LogP contribution in [-0.4, -0.2) is 63.8 Å². The van der Waals surface area contributed by atoms with Gasteiger partial charge in [-0.3, -0.25) is 9.69 Å². The fourth-order valence-electron chi connectivity index (χ4n) is 3.76. The van der Waals surface area contributed by atoms with Crippen molar-refractivity contribution >= 4 is 12.1 Å². The number of aliphatic carboxylic acids is 1. The minimum Gasteiger partial charge on any atom is -0.481 e. The Morgan fingerprint density at radius 3 is 2.27 bits per heavy atom. The lowest BCUT2D eigenvalue weighted by molar-refractivity contribution is -0.146. The fraction of sp³-hybridized carbons (Fsp3) is 0.875. The zero-order chi connectivity index (χ0) is 16.7. The molecule has 126 valence electrons. The minimum absolute atomic E-state index is 0.0728. The van der Waals surface area contributed by atoms with Crippen LogP contribution in [-0.2, 0) is 9.53 Å². The second kappa shape index (κ2) is 5.72. The van der Waals surface area contributed by atoms with Gasteiger partial charge in [0.05, 0.1) is 12.0 Å². The molecule has 0 bridgehead atoms. The standard InChI is InChI=1S/C16H28N2O4/c1-11-6-12(2)18(8-11)16(7-13(19)20)9-17(10-16)14(21)22-15(3,4)5/h11-12H,6-10H2,1-5H3,(H,19,20). The minimum atomic E-state index is -0.810. The molecule has 6 nitrogen and oxygen atoms in total. The molecule has 1 amide bonds. The van der Waals surface area contributed by atoms with E-state index >= 15 is 0 Å². The number of carboxylic acid groups (broad SMARTS) is 1. The maximum absolute atomic E-state index is 12.1. The van der Waals surface area contributed by atoms with E-state index in [1.807, 2.05) is 20.8 Å². The maximum Gasteiger partial charge on any atom is 0.410 e. The van der Waals surface area contributed by atoms with Crippen LogP contribution in [0.1, 0.15) is 47.5 Å². The van der Waals surface area contributed by atoms with Crippen molar-refractivity contribution in [1.82, 2.24) is 9.80 Å². The zero-order valence-electron chi connectivity index (χ0n) is 14.3. The summed E-state index contributed by atoms with van der Waals surface area (Å²) in [5, 5.41) is 9.28. The molecule has 2 aliphatic rings. The van der Waals surface area contributed by atoms with Crippen molar-refractivity contribution in [3.05, 3.63) is 0 Å². The van der Waals surface area contributed by atoms with Gasteiger partial charge in [-0.2, -0.15) is 0 Å². The third-order valence-corrected chi connectivity index (χ3v) is 4.50. The predicted molar refractivity (Wildman–Crippen MR) is 82.7 cm³/mol. The smallest absolute Gasteiger partial charge is 0.410 e. The highest BCUT2D eigenvalue weighted by atomic mass is 16.6. The Bertz CT molecular complexity index is 452. The molecule has 1 N–H and O–H groups in total. The molecule has 0 aliphatic carbocycles. The highest BCUT2D eigenvalue weighted by Gasteiger charge is 2.54. The molecule has 2 saturated heterocycles. The summed E-state index contributed by atoms with van der Waals surface area (Å²) in [6, 6.07) is 0.357. The normalized spacial score (nSPS) is 28.3. The Balaban J connectivity index is 2.06. The van der Waals surface area contributed by atoms with Crippen molar-refractivity contribution < 1.29 is 19.4 Å². The van der Waals surface area contributed by atoms with E-state index < -0.39 is 17.1 Å². The molecule has 0 spiro atoms. The lowest BCUT2D eigenvalue weighted by atomic mass is 9.84. The van der Waals surface area contributed by atoms with Gasteiger partial charge in [0.15, 0.2) is 0 Å². The van der Waals surface area contributed by atoms with Gasteiger partial charge in [-0.1, -0.05) is 6.92 Å². The van der Waals surface area contributed by atoms with Gasteiger partial charge in [0.1, 0.15) is 5.60 Å². The fourth-order valence-corrected chi connectivity index (χ4v) is 3.76. The molecule has 2 rings (SSSR count). The Hall–Kier alpha value is -1.30. The summed E-state index contributed by atoms with van der Waals surface area (Å²) in [6.07, 6.45) is 0.797. The topological polar surface area (TPSA) is 70.1 Å². The molecule has 0 radical (unpaired) electrons. The van der Waals surface area contributed by atoms with E-state index in [1.54, 1.807) is 4.90 Å². The van der Waals surface area contributed by atoms with Crippen LogP contribution in [0.25, 0.3) is 0 Å². The van der Waals surface area contributed by atoms with E-state index in [0.29, 0.717) is 25.0 Å². The summed E-state index contributed by atoms with van der Waals surface area (Å²) in [5.74, 6) is -0.244. The van der Waals surface area contributed by atoms with Gasteiger partial charge < -0.3 is 14.7 Å². The molecule has 22 heavy (non-hydrogen) atoms. The molecule has 0 aromatic heterocycles. The molecular weight excluding hydrogens is 284 g/mol. The molecule has 2 heterocycles. The summed E-state index contributed by atoms with van der Waals surface area (Å²) >= 11 is 0. The highest BCUT2D eigenvalue weighted by molar-refractivity contribution is 5.73. The van der Waals surface area contributed by atoms with Gasteiger partial charge in [-0.15, -0.1) is 0 Å². The SMILES string of the molecule is CC1CC(C)N(C2(CC(=O)O)CN(C(=O)OC(C)(C)C)C2)C1. The number of carboxylic acids is 1. The van der Waals surface area contributed by atoms with E-state index in [1.165, 1.54) is 0 Å². The largest absolute Gasteiger partial charge is 0.481 e. The first-order valence-corrected chi connectivity index (χ1v) is 7.99. The lowest BCUT2D eigenvalue weighted by Crippen LogP contribution is -2.72. The van der Waals surface area contributed by atoms with Gasteiger partial charge >= 0.3 is 12.1 Å². The van der Waals surface area contributed by atoms with Crippen molar-refractivity contribution in [1.29, 1.82) is 0 Å². The van der Waals surface area contributed by atoms with E-state index in [9.17, 15) is 14.7 Å². The summed E-state index contributed by atoms with van der Waals surface area (Å²) in [7, 11) is 0. The Morgan fingerprint density at radius 2 is 1.86 bits per heavy atom. The first-order chi connectivity index (χ1) is 10.0. The van der Waals surface area contributed by atoms with E-state index in [4.69, 9.17) is 4.74 Å². The third-order valence-electron chi connectivity index (χ3n) is 4.50. The molecule has 0 aromatic rings. The number of nitrogens with zero attached hydrogens (tertiary/aromatic N) is 2. The van der Waals surface area contributed by atoms with Gasteiger partial charge in [-0.25, -0.2) is 4.79 Å². The second-order valence-electron chi connectivity index (χ2n) is 7.97. The molecular formula is C16H28N2O4. The van der Waals surface area contributed by atoms with E-state index in [0.717, 1.165) is 13.0 Å². The van der Waals surface area contributed by atoms with Gasteiger partial charge in [0.25, 0.3) is 0 Å². The number of hydrogen-bond donors (Lipinski definition) is 1. The number of rotatable bonds is 3. The van der Waals surface area contributed by atoms with Crippen LogP contribution < -0.4 is 0 Å². The number of carbonyl (C=O) groups is 2. The van der Waals surface area contributed by atoms with Crippen LogP contribution in [0.2, 0.25) is 0 Å². The average molecular weight is 312 g/mol. The number of carbonyl (C=O) groups excluding carboxylic acids is 1. The molecule has 2 fully saturated rings. The molecule has 2 atom stereocenters. The zero-order valence-corrected chi connectivity index (χ0v) is 14.3. The Labute approximate surface area is 132 Å². The number of likely N-dealkylation sites (tertiary alicyclic amines) is 2. The van der Waals surface area contributed by atoms with Gasteiger partial charge in [0, 0.05) is 25.7 Å². The molecule has 6 heteroatoms. The number of ether oxygens (including phenoxy) is 1. The summed E-state index contributed by atoms with van der Waals surface area (Å²) in [4.78, 5) is 27.3. The van der Waals surface area contributed by atoms with Crippen molar-refractivity contribution in [3.63, 3.8) is 0 Å². The summed E-state index contributed by atoms with van der Waals surface area (Å²) in [5.41, 5.74) is -0.968. The van der Waals surface area contributed by atoms with Crippen molar-refractivity contribution in [2.45, 2.75) is 64.6 Å². The first-order valence-electron chi connectivity index (χ1n) is 7.99. The van der Waals surface area contributed by atoms with Crippen LogP contribution in [0.5, 0.6) is 0 Å². The van der Waals surface area contributed by atoms with Gasteiger partial charge in [0.2, 0.25) is 0 Å². The molecule has 2 unspecified atom stereocenters. The van der Waals surface area contributed by atoms with E-state index in [2.05, 4.69) is 18.7 Å². The average Bonchev–Trinajstić information content (AvgIpc) is 2.59. The number of amides is 1. The molecule has 0 saturated carbocycles. The Morgan fingerprint density at radius 1 is 1.27 bits per heavy atom. The van der Waals surface area contributed by atoms with Crippen LogP contribution in [0.4, 0.5) is 4.79 Å². The Kier molecular flexibility index (Phi) is 4.44. The van der Waals surface area contributed by atoms with Crippen molar-refractivity contribution in [2.24, 2.45) is 5.92 Å². The highest BCUT2D eigenvalue weighted by Crippen LogP contribution is 2.39. The molecule has 2 aliphatic heterocycles. The predicted octanol–water partition coefficient (Wildman–Crippen LogP) is 2.18. The molecule has 0 aromatic carbocycles. The quantitative estimate of drug-likeness (QED) is 0.865. The van der Waals surface area contributed by atoms with Crippen LogP contribution in [0.3, 0.4) is 0 Å². The van der Waals surface area contributed by atoms with Crippen molar-refractivity contribution in [2.75, 3.05) is 19.6 Å². The van der Waals surface area contributed by atoms with Crippen LogP contribution in [0.15, 0.2) is 0 Å². The maximum atomic E-state index is 12.1. The third kappa shape index (κ3) is 3.54. The van der Waals surface area contributed by atoms with Gasteiger partial charge in [-0.05, 0) is 40.0 Å². The summed E-state index contributed by atoms with van der Waals surface area (Å²) < 4.78 is 5.37. The second-order valence-corrected chi connectivity index (χ2v) is 7.97. The van der Waals surface area contributed by atoms with Crippen molar-refractivity contribution in [3.8, 4) is 0 Å². The van der Waals surface area contributed by atoms with Crippen LogP contribution in [0, 0.1) is 5.92 Å². The monoisotopic (exact) mass is 312 g/mol. The summed E-state index contributed by atoms with van der Waals surface area (Å²) in [6.45, 7) is 11.6. The lowest BCUT2D eigenvalue weighted by Gasteiger charge is -2.55.